The van der Waals surface area contributed by atoms with Crippen molar-refractivity contribution in [3.63, 3.8) is 0 Å². The lowest BCUT2D eigenvalue weighted by atomic mass is 9.93. The number of fused-ring (bicyclic) bond motifs is 1. The largest absolute Gasteiger partial charge is 0.366 e. The smallest absolute Gasteiger partial charge is 0.254 e. The second-order valence-electron chi connectivity index (χ2n) is 11.9. The van der Waals surface area contributed by atoms with Crippen molar-refractivity contribution in [2.75, 3.05) is 13.2 Å². The quantitative estimate of drug-likeness (QED) is 0.160. The van der Waals surface area contributed by atoms with Gasteiger partial charge in [-0.1, -0.05) is 121 Å². The summed E-state index contributed by atoms with van der Waals surface area (Å²) in [6.07, 6.45) is 16.1. The van der Waals surface area contributed by atoms with Crippen molar-refractivity contribution in [3.8, 4) is 0 Å². The molecular formula is C36H53FN2O3. The minimum atomic E-state index is -0.538. The van der Waals surface area contributed by atoms with Crippen molar-refractivity contribution in [1.82, 2.24) is 10.2 Å². The van der Waals surface area contributed by atoms with Crippen LogP contribution < -0.4 is 5.32 Å². The van der Waals surface area contributed by atoms with E-state index in [1.54, 1.807) is 17.0 Å². The van der Waals surface area contributed by atoms with E-state index in [1.165, 1.54) is 75.5 Å². The third-order valence-electron chi connectivity index (χ3n) is 8.37. The zero-order valence-corrected chi connectivity index (χ0v) is 26.1. The van der Waals surface area contributed by atoms with Gasteiger partial charge in [0.2, 0.25) is 5.91 Å². The average Bonchev–Trinajstić information content (AvgIpc) is 3.00. The van der Waals surface area contributed by atoms with E-state index in [0.717, 1.165) is 31.2 Å². The number of unbranched alkanes of at least 4 members (excludes halogenated alkanes) is 11. The molecule has 232 valence electrons. The molecule has 1 heterocycles. The van der Waals surface area contributed by atoms with E-state index in [2.05, 4.69) is 25.2 Å². The zero-order valence-electron chi connectivity index (χ0n) is 26.1. The van der Waals surface area contributed by atoms with Crippen LogP contribution in [0.2, 0.25) is 0 Å². The minimum absolute atomic E-state index is 0.0474. The highest BCUT2D eigenvalue weighted by Crippen LogP contribution is 2.26. The number of halogens is 1. The van der Waals surface area contributed by atoms with Crippen molar-refractivity contribution in [2.45, 2.75) is 129 Å². The molecule has 0 saturated heterocycles. The van der Waals surface area contributed by atoms with E-state index in [4.69, 9.17) is 4.74 Å². The van der Waals surface area contributed by atoms with Crippen LogP contribution in [0.15, 0.2) is 48.5 Å². The summed E-state index contributed by atoms with van der Waals surface area (Å²) in [5.41, 5.74) is 2.61. The van der Waals surface area contributed by atoms with Gasteiger partial charge >= 0.3 is 0 Å². The van der Waals surface area contributed by atoms with Crippen LogP contribution in [0.1, 0.15) is 125 Å². The monoisotopic (exact) mass is 580 g/mol. The number of carbonyl (C=O) groups excluding carboxylic acids is 2. The molecule has 6 heteroatoms. The molecule has 1 N–H and O–H groups in total. The number of amides is 2. The predicted molar refractivity (Wildman–Crippen MR) is 169 cm³/mol. The van der Waals surface area contributed by atoms with Crippen LogP contribution in [0.25, 0.3) is 0 Å². The Bertz CT molecular complexity index is 1080. The number of ether oxygens (including phenoxy) is 1. The molecule has 0 saturated carbocycles. The normalized spacial score (nSPS) is 15.3. The van der Waals surface area contributed by atoms with E-state index >= 15 is 0 Å². The summed E-state index contributed by atoms with van der Waals surface area (Å²) in [7, 11) is 0. The minimum Gasteiger partial charge on any atom is -0.366 e. The van der Waals surface area contributed by atoms with Crippen LogP contribution in [0.4, 0.5) is 4.39 Å². The molecule has 2 unspecified atom stereocenters. The Labute approximate surface area is 253 Å². The zero-order chi connectivity index (χ0) is 30.0. The van der Waals surface area contributed by atoms with Crippen molar-refractivity contribution in [1.29, 1.82) is 0 Å². The first-order chi connectivity index (χ1) is 20.5. The van der Waals surface area contributed by atoms with Gasteiger partial charge in [-0.3, -0.25) is 9.59 Å². The number of hydrogen-bond donors (Lipinski definition) is 1. The number of rotatable bonds is 20. The first-order valence-corrected chi connectivity index (χ1v) is 16.6. The fourth-order valence-electron chi connectivity index (χ4n) is 5.80. The van der Waals surface area contributed by atoms with E-state index in [-0.39, 0.29) is 24.5 Å². The lowest BCUT2D eigenvalue weighted by molar-refractivity contribution is -0.134. The van der Waals surface area contributed by atoms with Crippen LogP contribution in [0, 0.1) is 5.82 Å². The van der Waals surface area contributed by atoms with Gasteiger partial charge in [0.05, 0.1) is 12.6 Å². The lowest BCUT2D eigenvalue weighted by Gasteiger charge is -2.37. The number of carbonyl (C=O) groups is 2. The molecule has 2 aromatic rings. The van der Waals surface area contributed by atoms with Crippen LogP contribution in [-0.2, 0) is 22.5 Å². The molecular weight excluding hydrogens is 527 g/mol. The molecule has 0 spiro atoms. The van der Waals surface area contributed by atoms with Crippen molar-refractivity contribution in [2.24, 2.45) is 0 Å². The summed E-state index contributed by atoms with van der Waals surface area (Å²) >= 11 is 0. The highest BCUT2D eigenvalue weighted by atomic mass is 19.1. The van der Waals surface area contributed by atoms with E-state index in [0.29, 0.717) is 31.5 Å². The van der Waals surface area contributed by atoms with Gasteiger partial charge in [0.15, 0.2) is 0 Å². The molecule has 2 amide bonds. The fourth-order valence-corrected chi connectivity index (χ4v) is 5.80. The SMILES string of the molecule is CCCCCCCCCC(OCC1Cc2ccccc2CN1C(=O)c1cccc(F)c1)C(=O)NCCCCCCCC. The van der Waals surface area contributed by atoms with E-state index < -0.39 is 11.9 Å². The summed E-state index contributed by atoms with van der Waals surface area (Å²) in [5, 5.41) is 3.13. The lowest BCUT2D eigenvalue weighted by Crippen LogP contribution is -2.48. The average molecular weight is 581 g/mol. The third-order valence-corrected chi connectivity index (χ3v) is 8.37. The number of hydrogen-bond acceptors (Lipinski definition) is 3. The molecule has 2 aromatic carbocycles. The van der Waals surface area contributed by atoms with Gasteiger partial charge in [0, 0.05) is 18.7 Å². The molecule has 0 bridgehead atoms. The Morgan fingerprint density at radius 3 is 2.19 bits per heavy atom. The molecule has 5 nitrogen and oxygen atoms in total. The number of nitrogens with zero attached hydrogens (tertiary/aromatic N) is 1. The third kappa shape index (κ3) is 11.5. The first kappa shape index (κ1) is 33.8. The Hall–Kier alpha value is -2.73. The van der Waals surface area contributed by atoms with E-state index in [9.17, 15) is 14.0 Å². The number of nitrogens with one attached hydrogen (secondary N) is 1. The summed E-state index contributed by atoms with van der Waals surface area (Å²) in [6, 6.07) is 13.8. The summed E-state index contributed by atoms with van der Waals surface area (Å²) in [4.78, 5) is 28.6. The fraction of sp³-hybridized carbons (Fsp3) is 0.611. The van der Waals surface area contributed by atoms with Gasteiger partial charge in [0.1, 0.15) is 11.9 Å². The molecule has 2 atom stereocenters. The Morgan fingerprint density at radius 1 is 0.857 bits per heavy atom. The molecule has 0 radical (unpaired) electrons. The van der Waals surface area contributed by atoms with Gasteiger partial charge in [-0.15, -0.1) is 0 Å². The second-order valence-corrected chi connectivity index (χ2v) is 11.9. The highest BCUT2D eigenvalue weighted by molar-refractivity contribution is 5.94. The van der Waals surface area contributed by atoms with Gasteiger partial charge in [-0.05, 0) is 48.6 Å². The van der Waals surface area contributed by atoms with E-state index in [1.807, 2.05) is 18.2 Å². The molecule has 0 aromatic heterocycles. The van der Waals surface area contributed by atoms with Crippen molar-refractivity contribution >= 4 is 11.8 Å². The van der Waals surface area contributed by atoms with Crippen LogP contribution in [0.3, 0.4) is 0 Å². The summed E-state index contributed by atoms with van der Waals surface area (Å²) < 4.78 is 20.3. The van der Waals surface area contributed by atoms with Crippen molar-refractivity contribution in [3.05, 3.63) is 71.0 Å². The van der Waals surface area contributed by atoms with Crippen molar-refractivity contribution < 1.29 is 18.7 Å². The first-order valence-electron chi connectivity index (χ1n) is 16.6. The van der Waals surface area contributed by atoms with Crippen LogP contribution >= 0.6 is 0 Å². The maximum Gasteiger partial charge on any atom is 0.254 e. The highest BCUT2D eigenvalue weighted by Gasteiger charge is 2.32. The molecule has 42 heavy (non-hydrogen) atoms. The summed E-state index contributed by atoms with van der Waals surface area (Å²) in [6.45, 7) is 5.81. The predicted octanol–water partition coefficient (Wildman–Crippen LogP) is 8.40. The maximum absolute atomic E-state index is 14.0. The Kier molecular flexibility index (Phi) is 15.6. The Balaban J connectivity index is 1.63. The molecule has 1 aliphatic rings. The topological polar surface area (TPSA) is 58.6 Å². The van der Waals surface area contributed by atoms with Gasteiger partial charge in [-0.25, -0.2) is 4.39 Å². The summed E-state index contributed by atoms with van der Waals surface area (Å²) in [5.74, 6) is -0.689. The Morgan fingerprint density at radius 2 is 1.50 bits per heavy atom. The molecule has 0 aliphatic carbocycles. The molecule has 3 rings (SSSR count). The van der Waals surface area contributed by atoms with Gasteiger partial charge in [-0.2, -0.15) is 0 Å². The second kappa shape index (κ2) is 19.5. The standard InChI is InChI=1S/C36H53FN2O3/c1-3-5-7-9-11-12-14-23-34(35(40)38-24-17-13-10-8-6-4-2)42-28-33-26-29-19-15-16-20-31(29)27-39(33)36(41)30-21-18-22-32(37)25-30/h15-16,18-22,25,33-34H,3-14,17,23-24,26-28H2,1-2H3,(H,38,40). The molecule has 1 aliphatic heterocycles. The van der Waals surface area contributed by atoms with Crippen LogP contribution in [-0.4, -0.2) is 42.0 Å². The van der Waals surface area contributed by atoms with Gasteiger partial charge < -0.3 is 15.0 Å². The maximum atomic E-state index is 14.0. The van der Waals surface area contributed by atoms with Crippen LogP contribution in [0.5, 0.6) is 0 Å². The van der Waals surface area contributed by atoms with Gasteiger partial charge in [0.25, 0.3) is 5.91 Å². The number of benzene rings is 2. The molecule has 0 fully saturated rings.